The van der Waals surface area contributed by atoms with Crippen molar-refractivity contribution >= 4 is 16.0 Å². The highest BCUT2D eigenvalue weighted by Gasteiger charge is 2.33. The molecular weight excluding hydrogens is 476 g/mol. The fraction of sp³-hybridized carbons (Fsp3) is 0.318. The monoisotopic (exact) mass is 502 g/mol. The summed E-state index contributed by atoms with van der Waals surface area (Å²) in [6, 6.07) is 8.57. The van der Waals surface area contributed by atoms with Gasteiger partial charge in [0.2, 0.25) is 21.8 Å². The van der Waals surface area contributed by atoms with Gasteiger partial charge < -0.3 is 23.6 Å². The van der Waals surface area contributed by atoms with E-state index in [1.54, 1.807) is 55.1 Å². The summed E-state index contributed by atoms with van der Waals surface area (Å²) in [5, 5.41) is 17.7. The van der Waals surface area contributed by atoms with E-state index in [4.69, 9.17) is 13.9 Å². The highest BCUT2D eigenvalue weighted by atomic mass is 32.2. The van der Waals surface area contributed by atoms with E-state index >= 15 is 0 Å². The Morgan fingerprint density at radius 3 is 2.34 bits per heavy atom. The lowest BCUT2D eigenvalue weighted by atomic mass is 10.2. The number of anilines is 1. The summed E-state index contributed by atoms with van der Waals surface area (Å²) >= 11 is 0. The van der Waals surface area contributed by atoms with Crippen molar-refractivity contribution in [3.8, 4) is 28.8 Å². The van der Waals surface area contributed by atoms with Crippen LogP contribution in [-0.2, 0) is 17.1 Å². The molecule has 12 nitrogen and oxygen atoms in total. The van der Waals surface area contributed by atoms with Crippen LogP contribution in [0.1, 0.15) is 24.5 Å². The third-order valence-electron chi connectivity index (χ3n) is 5.44. The number of nitrogens with zero attached hydrogens (tertiary/aromatic N) is 5. The molecule has 0 saturated carbocycles. The number of furan rings is 1. The van der Waals surface area contributed by atoms with Crippen molar-refractivity contribution in [1.82, 2.24) is 24.3 Å². The zero-order valence-electron chi connectivity index (χ0n) is 19.8. The molecule has 0 unspecified atom stereocenters. The van der Waals surface area contributed by atoms with Gasteiger partial charge in [-0.2, -0.15) is 0 Å². The molecule has 0 radical (unpaired) electrons. The number of imidazole rings is 1. The van der Waals surface area contributed by atoms with Gasteiger partial charge in [-0.3, -0.25) is 9.29 Å². The van der Waals surface area contributed by atoms with Gasteiger partial charge >= 0.3 is 0 Å². The number of hydrogen-bond acceptors (Lipinski definition) is 9. The number of sulfonamides is 1. The molecule has 0 bridgehead atoms. The van der Waals surface area contributed by atoms with Crippen LogP contribution in [0.25, 0.3) is 17.3 Å². The topological polar surface area (TPSA) is 147 Å². The Balaban J connectivity index is 1.83. The number of methoxy groups -OCH3 is 2. The number of aliphatic hydroxyl groups is 1. The Bertz CT molecular complexity index is 1420. The highest BCUT2D eigenvalue weighted by Crippen LogP contribution is 2.38. The van der Waals surface area contributed by atoms with E-state index in [1.807, 2.05) is 0 Å². The molecule has 0 saturated heterocycles. The molecule has 186 valence electrons. The van der Waals surface area contributed by atoms with E-state index in [0.29, 0.717) is 28.7 Å². The Morgan fingerprint density at radius 2 is 1.80 bits per heavy atom. The van der Waals surface area contributed by atoms with Gasteiger partial charge in [-0.25, -0.2) is 13.4 Å². The summed E-state index contributed by atoms with van der Waals surface area (Å²) in [5.41, 5.74) is 0.590. The second-order valence-corrected chi connectivity index (χ2v) is 9.90. The average Bonchev–Trinajstić information content (AvgIpc) is 3.57. The molecular formula is C22H26N6O6S. The first-order valence-corrected chi connectivity index (χ1v) is 12.1. The van der Waals surface area contributed by atoms with Gasteiger partial charge in [-0.05, 0) is 38.1 Å². The summed E-state index contributed by atoms with van der Waals surface area (Å²) < 4.78 is 48.9. The first-order valence-electron chi connectivity index (χ1n) is 10.6. The van der Waals surface area contributed by atoms with Gasteiger partial charge in [-0.15, -0.1) is 10.2 Å². The first-order chi connectivity index (χ1) is 16.7. The zero-order valence-corrected chi connectivity index (χ0v) is 20.6. The van der Waals surface area contributed by atoms with Crippen molar-refractivity contribution in [3.63, 3.8) is 0 Å². The minimum atomic E-state index is -4.17. The first kappa shape index (κ1) is 24.3. The number of hydrogen-bond donors (Lipinski definition) is 2. The molecule has 3 aromatic heterocycles. The number of para-hydroxylation sites is 1. The van der Waals surface area contributed by atoms with Crippen LogP contribution in [0.3, 0.4) is 0 Å². The molecule has 4 rings (SSSR count). The number of rotatable bonds is 9. The van der Waals surface area contributed by atoms with Gasteiger partial charge in [0.05, 0.1) is 26.2 Å². The molecule has 0 fully saturated rings. The maximum Gasteiger partial charge on any atom is 0.243 e. The van der Waals surface area contributed by atoms with E-state index in [9.17, 15) is 13.5 Å². The lowest BCUT2D eigenvalue weighted by Crippen LogP contribution is -2.32. The van der Waals surface area contributed by atoms with Gasteiger partial charge in [0.25, 0.3) is 0 Å². The Kier molecular flexibility index (Phi) is 6.54. The van der Waals surface area contributed by atoms with Crippen LogP contribution in [0, 0.1) is 6.92 Å². The van der Waals surface area contributed by atoms with Crippen molar-refractivity contribution < 1.29 is 27.4 Å². The summed E-state index contributed by atoms with van der Waals surface area (Å²) in [7, 11) is 0.516. The Morgan fingerprint density at radius 1 is 1.11 bits per heavy atom. The van der Waals surface area contributed by atoms with Crippen LogP contribution in [-0.4, -0.2) is 57.3 Å². The number of aryl methyl sites for hydroxylation is 2. The lowest BCUT2D eigenvalue weighted by Gasteiger charge is -2.20. The summed E-state index contributed by atoms with van der Waals surface area (Å²) in [4.78, 5) is 4.06. The van der Waals surface area contributed by atoms with Crippen LogP contribution < -0.4 is 14.2 Å². The number of benzene rings is 1. The Labute approximate surface area is 202 Å². The third-order valence-corrected chi connectivity index (χ3v) is 7.15. The van der Waals surface area contributed by atoms with Gasteiger partial charge in [0.15, 0.2) is 5.76 Å². The molecule has 13 heteroatoms. The molecule has 1 aromatic carbocycles. The fourth-order valence-corrected chi connectivity index (χ4v) is 4.60. The number of aromatic nitrogens is 5. The van der Waals surface area contributed by atoms with Crippen LogP contribution in [0.5, 0.6) is 11.5 Å². The maximum absolute atomic E-state index is 13.3. The molecule has 0 amide bonds. The van der Waals surface area contributed by atoms with Crippen molar-refractivity contribution in [2.75, 3.05) is 18.9 Å². The highest BCUT2D eigenvalue weighted by molar-refractivity contribution is 7.93. The van der Waals surface area contributed by atoms with E-state index < -0.39 is 21.4 Å². The van der Waals surface area contributed by atoms with Crippen molar-refractivity contribution in [2.45, 2.75) is 25.2 Å². The van der Waals surface area contributed by atoms with Crippen LogP contribution in [0.15, 0.2) is 47.3 Å². The van der Waals surface area contributed by atoms with Crippen molar-refractivity contribution in [2.24, 2.45) is 7.05 Å². The van der Waals surface area contributed by atoms with Crippen molar-refractivity contribution in [1.29, 1.82) is 0 Å². The quantitative estimate of drug-likeness (QED) is 0.352. The molecule has 2 atom stereocenters. The van der Waals surface area contributed by atoms with E-state index in [0.717, 1.165) is 0 Å². The maximum atomic E-state index is 13.3. The third kappa shape index (κ3) is 4.59. The summed E-state index contributed by atoms with van der Waals surface area (Å²) in [6.07, 6.45) is 1.65. The predicted octanol–water partition coefficient (Wildman–Crippen LogP) is 2.45. The zero-order chi connectivity index (χ0) is 25.3. The largest absolute Gasteiger partial charge is 0.494 e. The molecule has 0 spiro atoms. The molecule has 0 aliphatic rings. The summed E-state index contributed by atoms with van der Waals surface area (Å²) in [5.74, 6) is 1.84. The fourth-order valence-electron chi connectivity index (χ4n) is 3.54. The minimum Gasteiger partial charge on any atom is -0.494 e. The Hall–Kier alpha value is -3.84. The van der Waals surface area contributed by atoms with Gasteiger partial charge in [-0.1, -0.05) is 6.07 Å². The lowest BCUT2D eigenvalue weighted by molar-refractivity contribution is 0.172. The SMILES string of the molecule is COc1cccc(OC)c1-n1c(NS(=O)(=O)[C@H](C)[C@H](O)c2cn(C)cn2)nnc1-c1ccc(C)o1. The van der Waals surface area contributed by atoms with E-state index in [-0.39, 0.29) is 17.5 Å². The van der Waals surface area contributed by atoms with Crippen LogP contribution in [0.4, 0.5) is 5.95 Å². The van der Waals surface area contributed by atoms with E-state index in [1.165, 1.54) is 32.0 Å². The number of aliphatic hydroxyl groups excluding tert-OH is 1. The van der Waals surface area contributed by atoms with Gasteiger partial charge in [0, 0.05) is 13.2 Å². The molecule has 0 aliphatic carbocycles. The molecule has 2 N–H and O–H groups in total. The molecule has 3 heterocycles. The molecule has 0 aliphatic heterocycles. The molecule has 35 heavy (non-hydrogen) atoms. The van der Waals surface area contributed by atoms with Crippen LogP contribution in [0.2, 0.25) is 0 Å². The number of nitrogens with one attached hydrogen (secondary N) is 1. The standard InChI is InChI=1S/C22H26N6O6S/c1-13-9-10-18(34-13)21-24-25-22(28(21)19-16(32-4)7-6-8-17(19)33-5)26-35(30,31)14(2)20(29)15-11-27(3)12-23-15/h6-12,14,20,29H,1-5H3,(H,25,26)/t14-,20+/m1/s1. The number of ether oxygens (including phenoxy) is 2. The second-order valence-electron chi connectivity index (χ2n) is 7.87. The van der Waals surface area contributed by atoms with E-state index in [2.05, 4.69) is 19.9 Å². The second kappa shape index (κ2) is 9.43. The molecule has 4 aromatic rings. The summed E-state index contributed by atoms with van der Waals surface area (Å²) in [6.45, 7) is 3.15. The normalized spacial score (nSPS) is 13.4. The smallest absolute Gasteiger partial charge is 0.243 e. The van der Waals surface area contributed by atoms with Crippen molar-refractivity contribution in [3.05, 3.63) is 54.3 Å². The minimum absolute atomic E-state index is 0.142. The van der Waals surface area contributed by atoms with Gasteiger partial charge in [0.1, 0.15) is 34.3 Å². The van der Waals surface area contributed by atoms with Crippen LogP contribution >= 0.6 is 0 Å². The average molecular weight is 503 g/mol. The predicted molar refractivity (Wildman–Crippen MR) is 127 cm³/mol.